The van der Waals surface area contributed by atoms with Gasteiger partial charge in [0.15, 0.2) is 0 Å². The Morgan fingerprint density at radius 1 is 1.44 bits per heavy atom. The number of thioether (sulfide) groups is 1. The van der Waals surface area contributed by atoms with Gasteiger partial charge in [0.05, 0.1) is 6.04 Å². The van der Waals surface area contributed by atoms with Gasteiger partial charge in [-0.25, -0.2) is 0 Å². The van der Waals surface area contributed by atoms with E-state index < -0.39 is 0 Å². The molecule has 16 heavy (non-hydrogen) atoms. The van der Waals surface area contributed by atoms with E-state index in [2.05, 4.69) is 5.32 Å². The molecule has 0 aromatic rings. The SMILES string of the molecule is CC(C)NC(CCSC1CCCC1)C(N)=O. The molecular weight excluding hydrogens is 220 g/mol. The highest BCUT2D eigenvalue weighted by molar-refractivity contribution is 7.99. The summed E-state index contributed by atoms with van der Waals surface area (Å²) in [6, 6.07) is 0.155. The van der Waals surface area contributed by atoms with Crippen LogP contribution in [0.4, 0.5) is 0 Å². The fraction of sp³-hybridized carbons (Fsp3) is 0.917. The van der Waals surface area contributed by atoms with E-state index in [4.69, 9.17) is 5.73 Å². The Bertz CT molecular complexity index is 215. The zero-order chi connectivity index (χ0) is 12.0. The van der Waals surface area contributed by atoms with Gasteiger partial charge in [-0.1, -0.05) is 26.7 Å². The molecule has 0 radical (unpaired) electrons. The van der Waals surface area contributed by atoms with E-state index in [0.717, 1.165) is 17.4 Å². The van der Waals surface area contributed by atoms with E-state index in [9.17, 15) is 4.79 Å². The van der Waals surface area contributed by atoms with Crippen molar-refractivity contribution in [2.45, 2.75) is 63.3 Å². The van der Waals surface area contributed by atoms with Gasteiger partial charge in [0.1, 0.15) is 0 Å². The number of carbonyl (C=O) groups excluding carboxylic acids is 1. The summed E-state index contributed by atoms with van der Waals surface area (Å²) >= 11 is 2.01. The average molecular weight is 244 g/mol. The number of carbonyl (C=O) groups is 1. The number of hydrogen-bond acceptors (Lipinski definition) is 3. The number of nitrogens with one attached hydrogen (secondary N) is 1. The largest absolute Gasteiger partial charge is 0.368 e. The molecule has 4 heteroatoms. The van der Waals surface area contributed by atoms with Crippen LogP contribution in [0.3, 0.4) is 0 Å². The minimum atomic E-state index is -0.222. The molecule has 0 bridgehead atoms. The number of nitrogens with two attached hydrogens (primary N) is 1. The first kappa shape index (κ1) is 13.8. The molecule has 1 aliphatic rings. The van der Waals surface area contributed by atoms with Gasteiger partial charge in [-0.05, 0) is 25.0 Å². The second-order valence-electron chi connectivity index (χ2n) is 4.84. The van der Waals surface area contributed by atoms with Crippen molar-refractivity contribution in [1.82, 2.24) is 5.32 Å². The molecule has 0 aliphatic heterocycles. The van der Waals surface area contributed by atoms with Crippen molar-refractivity contribution < 1.29 is 4.79 Å². The van der Waals surface area contributed by atoms with Gasteiger partial charge in [-0.3, -0.25) is 4.79 Å². The Morgan fingerprint density at radius 2 is 2.06 bits per heavy atom. The monoisotopic (exact) mass is 244 g/mol. The fourth-order valence-electron chi connectivity index (χ4n) is 2.12. The standard InChI is InChI=1S/C12H24N2OS/c1-9(2)14-11(12(13)15)7-8-16-10-5-3-4-6-10/h9-11,14H,3-8H2,1-2H3,(H2,13,15). The predicted molar refractivity (Wildman–Crippen MR) is 70.6 cm³/mol. The second kappa shape index (κ2) is 7.17. The van der Waals surface area contributed by atoms with E-state index in [-0.39, 0.29) is 11.9 Å². The summed E-state index contributed by atoms with van der Waals surface area (Å²) in [5.74, 6) is 0.818. The zero-order valence-corrected chi connectivity index (χ0v) is 11.2. The Kier molecular flexibility index (Phi) is 6.21. The van der Waals surface area contributed by atoms with E-state index in [1.807, 2.05) is 25.6 Å². The highest BCUT2D eigenvalue weighted by Crippen LogP contribution is 2.29. The molecule has 1 aliphatic carbocycles. The van der Waals surface area contributed by atoms with Crippen LogP contribution in [0.25, 0.3) is 0 Å². The van der Waals surface area contributed by atoms with Crippen molar-refractivity contribution in [3.8, 4) is 0 Å². The number of hydrogen-bond donors (Lipinski definition) is 2. The lowest BCUT2D eigenvalue weighted by atomic mass is 10.2. The summed E-state index contributed by atoms with van der Waals surface area (Å²) in [6.07, 6.45) is 6.31. The maximum Gasteiger partial charge on any atom is 0.234 e. The van der Waals surface area contributed by atoms with Crippen LogP contribution in [-0.2, 0) is 4.79 Å². The highest BCUT2D eigenvalue weighted by atomic mass is 32.2. The summed E-state index contributed by atoms with van der Waals surface area (Å²) in [7, 11) is 0. The van der Waals surface area contributed by atoms with E-state index in [1.165, 1.54) is 25.7 Å². The molecule has 1 amide bonds. The van der Waals surface area contributed by atoms with Crippen LogP contribution in [0.2, 0.25) is 0 Å². The molecule has 1 rings (SSSR count). The molecule has 0 heterocycles. The summed E-state index contributed by atoms with van der Waals surface area (Å²) in [6.45, 7) is 4.08. The van der Waals surface area contributed by atoms with E-state index in [1.54, 1.807) is 0 Å². The maximum absolute atomic E-state index is 11.2. The topological polar surface area (TPSA) is 55.1 Å². The van der Waals surface area contributed by atoms with Gasteiger partial charge >= 0.3 is 0 Å². The van der Waals surface area contributed by atoms with Gasteiger partial charge in [0.25, 0.3) is 0 Å². The summed E-state index contributed by atoms with van der Waals surface area (Å²) in [5, 5.41) is 4.04. The summed E-state index contributed by atoms with van der Waals surface area (Å²) in [5.41, 5.74) is 5.37. The van der Waals surface area contributed by atoms with Crippen LogP contribution in [0, 0.1) is 0 Å². The Labute approximate surface area is 103 Å². The smallest absolute Gasteiger partial charge is 0.234 e. The first-order valence-electron chi connectivity index (χ1n) is 6.26. The van der Waals surface area contributed by atoms with Crippen LogP contribution in [0.5, 0.6) is 0 Å². The molecular formula is C12H24N2OS. The molecule has 0 aromatic carbocycles. The van der Waals surface area contributed by atoms with Crippen molar-refractivity contribution in [2.24, 2.45) is 5.73 Å². The maximum atomic E-state index is 11.2. The van der Waals surface area contributed by atoms with Crippen LogP contribution < -0.4 is 11.1 Å². The van der Waals surface area contributed by atoms with Crippen molar-refractivity contribution in [3.63, 3.8) is 0 Å². The Balaban J connectivity index is 2.18. The molecule has 0 spiro atoms. The third-order valence-electron chi connectivity index (χ3n) is 2.94. The molecule has 1 saturated carbocycles. The zero-order valence-electron chi connectivity index (χ0n) is 10.4. The van der Waals surface area contributed by atoms with Gasteiger partial charge in [0.2, 0.25) is 5.91 Å². The molecule has 0 aromatic heterocycles. The van der Waals surface area contributed by atoms with E-state index >= 15 is 0 Å². The average Bonchev–Trinajstić information content (AvgIpc) is 2.68. The minimum Gasteiger partial charge on any atom is -0.368 e. The molecule has 1 fully saturated rings. The fourth-order valence-corrected chi connectivity index (χ4v) is 3.49. The van der Waals surface area contributed by atoms with Crippen molar-refractivity contribution in [2.75, 3.05) is 5.75 Å². The van der Waals surface area contributed by atoms with Crippen LogP contribution in [0.15, 0.2) is 0 Å². The van der Waals surface area contributed by atoms with Crippen molar-refractivity contribution in [1.29, 1.82) is 0 Å². The number of primary amides is 1. The van der Waals surface area contributed by atoms with Gasteiger partial charge in [-0.15, -0.1) is 0 Å². The van der Waals surface area contributed by atoms with Gasteiger partial charge in [-0.2, -0.15) is 11.8 Å². The number of rotatable bonds is 7. The predicted octanol–water partition coefficient (Wildman–Crippen LogP) is 1.90. The van der Waals surface area contributed by atoms with Gasteiger partial charge < -0.3 is 11.1 Å². The van der Waals surface area contributed by atoms with Crippen LogP contribution in [0.1, 0.15) is 46.0 Å². The molecule has 94 valence electrons. The van der Waals surface area contributed by atoms with E-state index in [0.29, 0.717) is 6.04 Å². The molecule has 3 nitrogen and oxygen atoms in total. The Morgan fingerprint density at radius 3 is 2.56 bits per heavy atom. The highest BCUT2D eigenvalue weighted by Gasteiger charge is 2.18. The lowest BCUT2D eigenvalue weighted by Gasteiger charge is -2.18. The third-order valence-corrected chi connectivity index (χ3v) is 4.35. The normalized spacial score (nSPS) is 19.2. The van der Waals surface area contributed by atoms with Crippen molar-refractivity contribution >= 4 is 17.7 Å². The van der Waals surface area contributed by atoms with Crippen LogP contribution >= 0.6 is 11.8 Å². The van der Waals surface area contributed by atoms with Gasteiger partial charge in [0, 0.05) is 11.3 Å². The minimum absolute atomic E-state index is 0.158. The molecule has 3 N–H and O–H groups in total. The third kappa shape index (κ3) is 5.21. The quantitative estimate of drug-likeness (QED) is 0.719. The lowest BCUT2D eigenvalue weighted by molar-refractivity contribution is -0.120. The van der Waals surface area contributed by atoms with Crippen molar-refractivity contribution in [3.05, 3.63) is 0 Å². The number of amides is 1. The molecule has 0 saturated heterocycles. The summed E-state index contributed by atoms with van der Waals surface area (Å²) < 4.78 is 0. The first-order chi connectivity index (χ1) is 7.59. The summed E-state index contributed by atoms with van der Waals surface area (Å²) in [4.78, 5) is 11.2. The van der Waals surface area contributed by atoms with Crippen LogP contribution in [-0.4, -0.2) is 29.0 Å². The second-order valence-corrected chi connectivity index (χ2v) is 6.25. The first-order valence-corrected chi connectivity index (χ1v) is 7.31. The molecule has 1 unspecified atom stereocenters. The molecule has 1 atom stereocenters. The Hall–Kier alpha value is -0.220. The lowest BCUT2D eigenvalue weighted by Crippen LogP contribution is -2.44.